The third-order valence-electron chi connectivity index (χ3n) is 4.33. The van der Waals surface area contributed by atoms with E-state index in [0.29, 0.717) is 18.5 Å². The van der Waals surface area contributed by atoms with Gasteiger partial charge < -0.3 is 15.1 Å². The summed E-state index contributed by atoms with van der Waals surface area (Å²) in [6, 6.07) is 0.604. The zero-order valence-electron chi connectivity index (χ0n) is 15.1. The predicted octanol–water partition coefficient (Wildman–Crippen LogP) is 2.12. The van der Waals surface area contributed by atoms with E-state index in [1.165, 1.54) is 19.4 Å². The summed E-state index contributed by atoms with van der Waals surface area (Å²) in [6.07, 6.45) is 4.36. The molecule has 0 amide bonds. The zero-order valence-corrected chi connectivity index (χ0v) is 15.1. The van der Waals surface area contributed by atoms with Crippen molar-refractivity contribution in [2.24, 2.45) is 4.99 Å². The van der Waals surface area contributed by atoms with Gasteiger partial charge in [0.15, 0.2) is 5.96 Å². The number of nitrogens with zero attached hydrogens (tertiary/aromatic N) is 3. The Morgan fingerprint density at radius 3 is 2.83 bits per heavy atom. The van der Waals surface area contributed by atoms with E-state index in [-0.39, 0.29) is 5.41 Å². The Morgan fingerprint density at radius 2 is 2.22 bits per heavy atom. The van der Waals surface area contributed by atoms with Crippen LogP contribution in [-0.4, -0.2) is 48.6 Å². The van der Waals surface area contributed by atoms with Crippen LogP contribution in [0.1, 0.15) is 52.2 Å². The standard InChI is InChI=1S/C17H31N5O/c1-6-22-9-7-8-13(22)10-20-16(18-5)21-12-15-19-11-14(23-15)17(2,3)4/h11,13H,6-10,12H2,1-5H3,(H2,18,20,21). The Hall–Kier alpha value is -1.56. The van der Waals surface area contributed by atoms with Crippen LogP contribution in [0.5, 0.6) is 0 Å². The highest BCUT2D eigenvalue weighted by Gasteiger charge is 2.23. The molecule has 2 N–H and O–H groups in total. The molecule has 0 bridgehead atoms. The van der Waals surface area contributed by atoms with Crippen LogP contribution in [0, 0.1) is 0 Å². The number of rotatable bonds is 5. The van der Waals surface area contributed by atoms with Gasteiger partial charge in [-0.3, -0.25) is 9.89 Å². The van der Waals surface area contributed by atoms with Crippen molar-refractivity contribution in [3.05, 3.63) is 17.8 Å². The second kappa shape index (κ2) is 7.81. The molecule has 130 valence electrons. The second-order valence-electron chi connectivity index (χ2n) is 7.10. The van der Waals surface area contributed by atoms with E-state index < -0.39 is 0 Å². The summed E-state index contributed by atoms with van der Waals surface area (Å²) in [6.45, 7) is 12.4. The minimum Gasteiger partial charge on any atom is -0.443 e. The zero-order chi connectivity index (χ0) is 16.9. The molecular weight excluding hydrogens is 290 g/mol. The first kappa shape index (κ1) is 17.8. The monoisotopic (exact) mass is 321 g/mol. The van der Waals surface area contributed by atoms with Crippen LogP contribution >= 0.6 is 0 Å². The number of likely N-dealkylation sites (tertiary alicyclic amines) is 1. The molecule has 1 aromatic rings. The van der Waals surface area contributed by atoms with Crippen molar-refractivity contribution in [2.45, 2.75) is 58.5 Å². The largest absolute Gasteiger partial charge is 0.443 e. The maximum Gasteiger partial charge on any atom is 0.213 e. The molecule has 1 aromatic heterocycles. The van der Waals surface area contributed by atoms with Crippen molar-refractivity contribution in [2.75, 3.05) is 26.7 Å². The molecule has 6 heteroatoms. The molecule has 0 aliphatic carbocycles. The van der Waals surface area contributed by atoms with Crippen LogP contribution in [0.25, 0.3) is 0 Å². The number of oxazole rings is 1. The Balaban J connectivity index is 1.80. The molecule has 0 saturated carbocycles. The van der Waals surface area contributed by atoms with Gasteiger partial charge in [-0.05, 0) is 25.9 Å². The molecule has 0 radical (unpaired) electrons. The fraction of sp³-hybridized carbons (Fsp3) is 0.765. The summed E-state index contributed by atoms with van der Waals surface area (Å²) in [4.78, 5) is 11.1. The first-order chi connectivity index (χ1) is 10.9. The van der Waals surface area contributed by atoms with E-state index in [0.717, 1.165) is 24.8 Å². The summed E-state index contributed by atoms with van der Waals surface area (Å²) in [5.74, 6) is 2.39. The van der Waals surface area contributed by atoms with Crippen molar-refractivity contribution < 1.29 is 4.42 Å². The van der Waals surface area contributed by atoms with E-state index in [2.05, 4.69) is 53.2 Å². The Bertz CT molecular complexity index is 517. The van der Waals surface area contributed by atoms with Crippen LogP contribution in [0.4, 0.5) is 0 Å². The average molecular weight is 321 g/mol. The lowest BCUT2D eigenvalue weighted by Crippen LogP contribution is -2.44. The van der Waals surface area contributed by atoms with Gasteiger partial charge in [0.05, 0.1) is 12.7 Å². The highest BCUT2D eigenvalue weighted by Crippen LogP contribution is 2.22. The molecule has 23 heavy (non-hydrogen) atoms. The second-order valence-corrected chi connectivity index (χ2v) is 7.10. The predicted molar refractivity (Wildman–Crippen MR) is 93.7 cm³/mol. The average Bonchev–Trinajstić information content (AvgIpc) is 3.15. The van der Waals surface area contributed by atoms with Crippen LogP contribution in [0.2, 0.25) is 0 Å². The fourth-order valence-corrected chi connectivity index (χ4v) is 2.88. The van der Waals surface area contributed by atoms with Gasteiger partial charge in [0.2, 0.25) is 5.89 Å². The molecule has 2 rings (SSSR count). The Morgan fingerprint density at radius 1 is 1.43 bits per heavy atom. The first-order valence-electron chi connectivity index (χ1n) is 8.57. The van der Waals surface area contributed by atoms with Gasteiger partial charge in [0.1, 0.15) is 5.76 Å². The van der Waals surface area contributed by atoms with Gasteiger partial charge in [0.25, 0.3) is 0 Å². The quantitative estimate of drug-likeness (QED) is 0.642. The number of aromatic nitrogens is 1. The van der Waals surface area contributed by atoms with Crippen LogP contribution in [0.15, 0.2) is 15.6 Å². The number of nitrogens with one attached hydrogen (secondary N) is 2. The summed E-state index contributed by atoms with van der Waals surface area (Å²) in [5.41, 5.74) is -0.0166. The lowest BCUT2D eigenvalue weighted by molar-refractivity contribution is 0.267. The minimum absolute atomic E-state index is 0.0166. The maximum atomic E-state index is 5.79. The SMILES string of the molecule is CCN1CCCC1CNC(=NC)NCc1ncc(C(C)(C)C)o1. The fourth-order valence-electron chi connectivity index (χ4n) is 2.88. The lowest BCUT2D eigenvalue weighted by Gasteiger charge is -2.23. The third kappa shape index (κ3) is 4.96. The molecule has 1 saturated heterocycles. The van der Waals surface area contributed by atoms with E-state index in [1.54, 1.807) is 7.05 Å². The molecule has 1 atom stereocenters. The molecule has 1 fully saturated rings. The van der Waals surface area contributed by atoms with Gasteiger partial charge >= 0.3 is 0 Å². The topological polar surface area (TPSA) is 65.7 Å². The molecule has 0 spiro atoms. The third-order valence-corrected chi connectivity index (χ3v) is 4.33. The molecule has 1 unspecified atom stereocenters. The summed E-state index contributed by atoms with van der Waals surface area (Å²) in [7, 11) is 1.79. The smallest absolute Gasteiger partial charge is 0.213 e. The number of aliphatic imine (C=N–C) groups is 1. The molecule has 1 aliphatic heterocycles. The van der Waals surface area contributed by atoms with Crippen molar-refractivity contribution in [3.8, 4) is 0 Å². The highest BCUT2D eigenvalue weighted by atomic mass is 16.4. The van der Waals surface area contributed by atoms with Gasteiger partial charge in [-0.2, -0.15) is 0 Å². The van der Waals surface area contributed by atoms with Crippen LogP contribution < -0.4 is 10.6 Å². The van der Waals surface area contributed by atoms with Crippen molar-refractivity contribution in [3.63, 3.8) is 0 Å². The van der Waals surface area contributed by atoms with Crippen molar-refractivity contribution in [1.82, 2.24) is 20.5 Å². The molecule has 2 heterocycles. The summed E-state index contributed by atoms with van der Waals surface area (Å²) >= 11 is 0. The Kier molecular flexibility index (Phi) is 6.04. The van der Waals surface area contributed by atoms with Crippen LogP contribution in [-0.2, 0) is 12.0 Å². The lowest BCUT2D eigenvalue weighted by atomic mass is 9.94. The number of likely N-dealkylation sites (N-methyl/N-ethyl adjacent to an activating group) is 1. The summed E-state index contributed by atoms with van der Waals surface area (Å²) in [5, 5.41) is 6.68. The Labute approximate surface area is 139 Å². The van der Waals surface area contributed by atoms with E-state index in [4.69, 9.17) is 4.42 Å². The van der Waals surface area contributed by atoms with Gasteiger partial charge in [-0.25, -0.2) is 4.98 Å². The number of hydrogen-bond donors (Lipinski definition) is 2. The molecule has 1 aliphatic rings. The molecule has 0 aromatic carbocycles. The maximum absolute atomic E-state index is 5.79. The van der Waals surface area contributed by atoms with E-state index >= 15 is 0 Å². The van der Waals surface area contributed by atoms with Crippen molar-refractivity contribution in [1.29, 1.82) is 0 Å². The van der Waals surface area contributed by atoms with Crippen LogP contribution in [0.3, 0.4) is 0 Å². The molecular formula is C17H31N5O. The summed E-state index contributed by atoms with van der Waals surface area (Å²) < 4.78 is 5.79. The minimum atomic E-state index is -0.0166. The van der Waals surface area contributed by atoms with E-state index in [9.17, 15) is 0 Å². The van der Waals surface area contributed by atoms with Gasteiger partial charge in [-0.15, -0.1) is 0 Å². The van der Waals surface area contributed by atoms with Gasteiger partial charge in [0, 0.05) is 25.0 Å². The first-order valence-corrected chi connectivity index (χ1v) is 8.57. The molecule has 6 nitrogen and oxygen atoms in total. The highest BCUT2D eigenvalue weighted by molar-refractivity contribution is 5.79. The van der Waals surface area contributed by atoms with E-state index in [1.807, 2.05) is 6.20 Å². The number of guanidine groups is 1. The van der Waals surface area contributed by atoms with Crippen molar-refractivity contribution >= 4 is 5.96 Å². The van der Waals surface area contributed by atoms with Gasteiger partial charge in [-0.1, -0.05) is 27.7 Å². The number of hydrogen-bond acceptors (Lipinski definition) is 4. The normalized spacial score (nSPS) is 20.0.